The van der Waals surface area contributed by atoms with Gasteiger partial charge in [0.15, 0.2) is 23.3 Å². The fraction of sp³-hybridized carbons (Fsp3) is 0.358. The molecule has 4 aromatic carbocycles. The number of benzene rings is 4. The summed E-state index contributed by atoms with van der Waals surface area (Å²) in [6, 6.07) is 18.0. The number of nitrogens with zero attached hydrogens (tertiary/aromatic N) is 9. The van der Waals surface area contributed by atoms with E-state index in [9.17, 15) is 35.6 Å². The average molecular weight is 1030 g/mol. The molecule has 0 spiro atoms. The van der Waals surface area contributed by atoms with Crippen molar-refractivity contribution in [1.29, 1.82) is 0 Å². The minimum atomic E-state index is -3.39. The van der Waals surface area contributed by atoms with Crippen LogP contribution < -0.4 is 15.1 Å². The maximum atomic E-state index is 14.2. The number of anilines is 2. The predicted molar refractivity (Wildman–Crippen MR) is 268 cm³/mol. The van der Waals surface area contributed by atoms with Crippen LogP contribution in [0.3, 0.4) is 0 Å². The number of hydrogen-bond donors (Lipinski definition) is 1. The van der Waals surface area contributed by atoms with Gasteiger partial charge in [-0.25, -0.2) is 40.3 Å². The minimum Gasteiger partial charge on any atom is -0.361 e. The largest absolute Gasteiger partial charge is 0.361 e. The number of hydrogen-bond acceptors (Lipinski definition) is 11. The van der Waals surface area contributed by atoms with Crippen molar-refractivity contribution in [2.75, 3.05) is 42.2 Å². The molecule has 1 N–H and O–H groups in total. The average Bonchev–Trinajstić information content (AvgIpc) is 4.25. The number of aryl methyl sites for hydroxylation is 4. The number of nitrogens with one attached hydrogen (secondary N) is 1. The molecule has 0 saturated carbocycles. The molecule has 4 aliphatic rings. The highest BCUT2D eigenvalue weighted by molar-refractivity contribution is 7.88. The Morgan fingerprint density at radius 2 is 1.09 bits per heavy atom. The second kappa shape index (κ2) is 18.9. The molecule has 0 aliphatic carbocycles. The summed E-state index contributed by atoms with van der Waals surface area (Å²) in [5, 5.41) is 11.5. The van der Waals surface area contributed by atoms with Crippen molar-refractivity contribution in [3.63, 3.8) is 0 Å². The lowest BCUT2D eigenvalue weighted by Crippen LogP contribution is -2.31. The third kappa shape index (κ3) is 8.62. The van der Waals surface area contributed by atoms with Gasteiger partial charge in [0.1, 0.15) is 23.2 Å². The number of amides is 2. The highest BCUT2D eigenvalue weighted by atomic mass is 32.2. The smallest absolute Gasteiger partial charge is 0.227 e. The lowest BCUT2D eigenvalue weighted by atomic mass is 10.0. The molecule has 4 atom stereocenters. The molecule has 21 heteroatoms. The van der Waals surface area contributed by atoms with E-state index >= 15 is 0 Å². The van der Waals surface area contributed by atoms with E-state index in [4.69, 9.17) is 19.0 Å². The normalized spacial score (nSPS) is 20.5. The van der Waals surface area contributed by atoms with Gasteiger partial charge in [0, 0.05) is 73.2 Å². The molecule has 384 valence electrons. The third-order valence-electron chi connectivity index (χ3n) is 14.8. The number of imidazole rings is 2. The van der Waals surface area contributed by atoms with Crippen LogP contribution in [0.2, 0.25) is 0 Å². The van der Waals surface area contributed by atoms with Gasteiger partial charge >= 0.3 is 0 Å². The molecule has 12 rings (SSSR count). The van der Waals surface area contributed by atoms with Crippen molar-refractivity contribution < 1.29 is 44.6 Å². The third-order valence-corrected chi connectivity index (χ3v) is 16.1. The van der Waals surface area contributed by atoms with Crippen molar-refractivity contribution in [3.8, 4) is 22.3 Å². The summed E-state index contributed by atoms with van der Waals surface area (Å²) in [7, 11) is -3.39. The first kappa shape index (κ1) is 49.0. The maximum Gasteiger partial charge on any atom is 0.227 e. The van der Waals surface area contributed by atoms with E-state index in [1.807, 2.05) is 62.6 Å². The summed E-state index contributed by atoms with van der Waals surface area (Å²) in [6.45, 7) is 9.85. The van der Waals surface area contributed by atoms with E-state index in [2.05, 4.69) is 26.3 Å². The molecule has 2 amide bonds. The SMILES string of the molecule is Cc1noc(C)c1-c1ccc2c(c1)nc([C@@H]1CCC(=O)N1c1ccc(F)c(F)c1)n2[C@H]1CCN(S(C)(=O)=O)C1.Cc1noc(C)c1-c1ccc2c(c1)nc([C@@H]1CCC(=O)N1c1ccc(F)c(F)c1)n2[C@H]1CCNC1. The second-order valence-corrected chi connectivity index (χ2v) is 21.5. The molecule has 0 unspecified atom stereocenters. The van der Waals surface area contributed by atoms with Crippen LogP contribution >= 0.6 is 0 Å². The van der Waals surface area contributed by atoms with Gasteiger partial charge in [-0.05, 0) is 120 Å². The maximum absolute atomic E-state index is 14.2. The number of carbonyl (C=O) groups excluding carboxylic acids is 2. The van der Waals surface area contributed by atoms with Gasteiger partial charge in [0.05, 0.1) is 57.8 Å². The zero-order valence-corrected chi connectivity index (χ0v) is 42.0. The van der Waals surface area contributed by atoms with Crippen LogP contribution in [0.5, 0.6) is 0 Å². The molecule has 4 aromatic heterocycles. The van der Waals surface area contributed by atoms with Gasteiger partial charge in [0.25, 0.3) is 0 Å². The van der Waals surface area contributed by atoms with Crippen LogP contribution in [-0.4, -0.2) is 86.4 Å². The number of carbonyl (C=O) groups is 2. The number of sulfonamides is 1. The van der Waals surface area contributed by atoms with Crippen LogP contribution in [0.25, 0.3) is 44.3 Å². The zero-order chi connectivity index (χ0) is 51.9. The highest BCUT2D eigenvalue weighted by Gasteiger charge is 2.41. The van der Waals surface area contributed by atoms with Gasteiger partial charge in [-0.15, -0.1) is 0 Å². The van der Waals surface area contributed by atoms with Crippen LogP contribution in [0.1, 0.15) is 97.2 Å². The Hall–Kier alpha value is -7.23. The number of rotatable bonds is 9. The first-order valence-electron chi connectivity index (χ1n) is 24.6. The molecular formula is C53H52F4N10O6S. The van der Waals surface area contributed by atoms with Gasteiger partial charge in [-0.1, -0.05) is 22.4 Å². The van der Waals surface area contributed by atoms with E-state index in [0.717, 1.165) is 106 Å². The monoisotopic (exact) mass is 1030 g/mol. The number of aromatic nitrogens is 6. The van der Waals surface area contributed by atoms with Gasteiger partial charge in [0.2, 0.25) is 21.8 Å². The summed E-state index contributed by atoms with van der Waals surface area (Å²) < 4.78 is 96.5. The fourth-order valence-electron chi connectivity index (χ4n) is 11.4. The van der Waals surface area contributed by atoms with Crippen molar-refractivity contribution in [3.05, 3.63) is 131 Å². The van der Waals surface area contributed by atoms with Crippen LogP contribution in [0.15, 0.2) is 81.8 Å². The van der Waals surface area contributed by atoms with Crippen LogP contribution in [-0.2, 0) is 19.6 Å². The molecule has 8 aromatic rings. The quantitative estimate of drug-likeness (QED) is 0.136. The summed E-state index contributed by atoms with van der Waals surface area (Å²) in [5.41, 5.74) is 9.08. The molecule has 4 saturated heterocycles. The Morgan fingerprint density at radius 1 is 0.608 bits per heavy atom. The van der Waals surface area contributed by atoms with Crippen LogP contribution in [0.4, 0.5) is 28.9 Å². The molecule has 8 heterocycles. The Kier molecular flexibility index (Phi) is 12.5. The van der Waals surface area contributed by atoms with E-state index in [0.29, 0.717) is 55.0 Å². The Balaban J connectivity index is 0.000000160. The summed E-state index contributed by atoms with van der Waals surface area (Å²) in [5.74, 6) is -1.52. The molecule has 4 fully saturated rings. The number of fused-ring (bicyclic) bond motifs is 2. The molecular weight excluding hydrogens is 981 g/mol. The van der Waals surface area contributed by atoms with E-state index in [1.165, 1.54) is 27.6 Å². The van der Waals surface area contributed by atoms with Crippen molar-refractivity contribution >= 4 is 55.3 Å². The van der Waals surface area contributed by atoms with Gasteiger partial charge in [-0.2, -0.15) is 0 Å². The van der Waals surface area contributed by atoms with Crippen molar-refractivity contribution in [1.82, 2.24) is 39.0 Å². The van der Waals surface area contributed by atoms with Gasteiger partial charge < -0.3 is 33.3 Å². The van der Waals surface area contributed by atoms with Crippen molar-refractivity contribution in [2.24, 2.45) is 0 Å². The lowest BCUT2D eigenvalue weighted by Gasteiger charge is -2.27. The molecule has 16 nitrogen and oxygen atoms in total. The second-order valence-electron chi connectivity index (χ2n) is 19.5. The van der Waals surface area contributed by atoms with Gasteiger partial charge in [-0.3, -0.25) is 9.59 Å². The van der Waals surface area contributed by atoms with Crippen molar-refractivity contribution in [2.45, 2.75) is 90.4 Å². The van der Waals surface area contributed by atoms with Crippen LogP contribution in [0, 0.1) is 51.0 Å². The Labute approximate surface area is 423 Å². The predicted octanol–water partition coefficient (Wildman–Crippen LogP) is 9.65. The first-order valence-corrected chi connectivity index (χ1v) is 26.4. The molecule has 0 radical (unpaired) electrons. The molecule has 4 aliphatic heterocycles. The van der Waals surface area contributed by atoms with E-state index in [1.54, 1.807) is 4.90 Å². The zero-order valence-electron chi connectivity index (χ0n) is 41.2. The highest BCUT2D eigenvalue weighted by Crippen LogP contribution is 2.44. The Morgan fingerprint density at radius 3 is 1.50 bits per heavy atom. The standard InChI is InChI=1S/C27H27F2N5O4S.C26H25F2N5O2/c1-15-26(16(2)38-31-15)17-4-7-23-22(12-17)30-27(34(23)19-10-11-32(14-19)39(3,36)37)24-8-9-25(35)33(24)18-5-6-20(28)21(29)13-18;1-14-25(15(2)35-31-14)16-3-6-22-21(11-16)30-26(33(22)18-9-10-29-13-18)23-7-8-24(34)32(23)17-4-5-19(27)20(28)12-17/h4-7,12-13,19,24H,8-11,14H2,1-3H3;3-6,11-12,18,23,29H,7-10,13H2,1-2H3/t19-,24-;18-,23-/m00/s1. The Bertz CT molecular complexity index is 3620. The lowest BCUT2D eigenvalue weighted by molar-refractivity contribution is -0.118. The fourth-order valence-corrected chi connectivity index (χ4v) is 12.3. The summed E-state index contributed by atoms with van der Waals surface area (Å²) >= 11 is 0. The topological polar surface area (TPSA) is 178 Å². The molecule has 74 heavy (non-hydrogen) atoms. The minimum absolute atomic E-state index is 0.124. The van der Waals surface area contributed by atoms with E-state index in [-0.39, 0.29) is 48.6 Å². The summed E-state index contributed by atoms with van der Waals surface area (Å²) in [4.78, 5) is 39.0. The first-order chi connectivity index (χ1) is 35.4. The van der Waals surface area contributed by atoms with E-state index < -0.39 is 39.3 Å². The molecule has 0 bridgehead atoms. The summed E-state index contributed by atoms with van der Waals surface area (Å²) in [6.07, 6.45) is 4.23. The number of halogens is 4.